The van der Waals surface area contributed by atoms with E-state index >= 15 is 0 Å². The molecule has 1 heteroatoms. The molecule has 20 heavy (non-hydrogen) atoms. The summed E-state index contributed by atoms with van der Waals surface area (Å²) in [6.45, 7) is 6.66. The molecule has 0 fully saturated rings. The summed E-state index contributed by atoms with van der Waals surface area (Å²) < 4.78 is 0. The summed E-state index contributed by atoms with van der Waals surface area (Å²) in [5, 5.41) is 9.70. The fourth-order valence-electron chi connectivity index (χ4n) is 2.83. The van der Waals surface area contributed by atoms with Crippen LogP contribution in [0.4, 0.5) is 0 Å². The Morgan fingerprint density at radius 1 is 0.900 bits per heavy atom. The standard InChI is InChI=1S/C19H24O/c1-14-6-4-9-17(10-14)11-18(13-20)12-19-15(2)7-5-8-16(19)3/h4-10,18,20H,11-13H2,1-3H3. The van der Waals surface area contributed by atoms with E-state index in [1.807, 2.05) is 0 Å². The predicted molar refractivity (Wildman–Crippen MR) is 85.1 cm³/mol. The van der Waals surface area contributed by atoms with Crippen molar-refractivity contribution < 1.29 is 5.11 Å². The monoisotopic (exact) mass is 268 g/mol. The van der Waals surface area contributed by atoms with Crippen molar-refractivity contribution in [2.45, 2.75) is 33.6 Å². The minimum absolute atomic E-state index is 0.238. The number of hydrogen-bond acceptors (Lipinski definition) is 1. The molecular weight excluding hydrogens is 244 g/mol. The van der Waals surface area contributed by atoms with Crippen molar-refractivity contribution in [1.29, 1.82) is 0 Å². The van der Waals surface area contributed by atoms with Gasteiger partial charge in [0.2, 0.25) is 0 Å². The maximum atomic E-state index is 9.70. The van der Waals surface area contributed by atoms with Gasteiger partial charge in [-0.1, -0.05) is 48.0 Å². The number of hydrogen-bond donors (Lipinski definition) is 1. The van der Waals surface area contributed by atoms with E-state index in [1.54, 1.807) is 0 Å². The molecule has 106 valence electrons. The van der Waals surface area contributed by atoms with Gasteiger partial charge in [-0.2, -0.15) is 0 Å². The zero-order valence-electron chi connectivity index (χ0n) is 12.7. The van der Waals surface area contributed by atoms with Gasteiger partial charge in [-0.3, -0.25) is 0 Å². The molecule has 1 atom stereocenters. The average Bonchev–Trinajstić information content (AvgIpc) is 2.42. The molecule has 2 rings (SSSR count). The van der Waals surface area contributed by atoms with Crippen molar-refractivity contribution in [3.8, 4) is 0 Å². The highest BCUT2D eigenvalue weighted by Gasteiger charge is 2.13. The van der Waals surface area contributed by atoms with E-state index < -0.39 is 0 Å². The van der Waals surface area contributed by atoms with Crippen molar-refractivity contribution >= 4 is 0 Å². The molecule has 0 aliphatic heterocycles. The molecule has 1 unspecified atom stereocenters. The van der Waals surface area contributed by atoms with Crippen LogP contribution < -0.4 is 0 Å². The minimum atomic E-state index is 0.238. The first-order valence-corrected chi connectivity index (χ1v) is 7.31. The molecule has 0 saturated carbocycles. The summed E-state index contributed by atoms with van der Waals surface area (Å²) in [4.78, 5) is 0. The van der Waals surface area contributed by atoms with Gasteiger partial charge in [-0.25, -0.2) is 0 Å². The van der Waals surface area contributed by atoms with Gasteiger partial charge in [-0.05, 0) is 61.8 Å². The predicted octanol–water partition coefficient (Wildman–Crippen LogP) is 4.01. The Kier molecular flexibility index (Phi) is 4.97. The van der Waals surface area contributed by atoms with Crippen molar-refractivity contribution in [2.75, 3.05) is 6.61 Å². The van der Waals surface area contributed by atoms with Crippen LogP contribution >= 0.6 is 0 Å². The third kappa shape index (κ3) is 3.71. The molecule has 1 N–H and O–H groups in total. The topological polar surface area (TPSA) is 20.2 Å². The lowest BCUT2D eigenvalue weighted by atomic mass is 9.89. The van der Waals surface area contributed by atoms with Crippen LogP contribution in [0.1, 0.15) is 27.8 Å². The minimum Gasteiger partial charge on any atom is -0.396 e. The summed E-state index contributed by atoms with van der Waals surface area (Å²) in [7, 11) is 0. The van der Waals surface area contributed by atoms with Crippen LogP contribution in [0.5, 0.6) is 0 Å². The van der Waals surface area contributed by atoms with Gasteiger partial charge < -0.3 is 5.11 Å². The molecule has 0 spiro atoms. The van der Waals surface area contributed by atoms with Gasteiger partial charge in [0.1, 0.15) is 0 Å². The van der Waals surface area contributed by atoms with E-state index in [-0.39, 0.29) is 12.5 Å². The first-order valence-electron chi connectivity index (χ1n) is 7.31. The van der Waals surface area contributed by atoms with Crippen LogP contribution in [0.25, 0.3) is 0 Å². The third-order valence-electron chi connectivity index (χ3n) is 4.00. The molecule has 0 bridgehead atoms. The largest absolute Gasteiger partial charge is 0.396 e. The molecule has 0 saturated heterocycles. The number of aliphatic hydroxyl groups is 1. The summed E-state index contributed by atoms with van der Waals surface area (Å²) in [5.74, 6) is 0.289. The molecule has 0 radical (unpaired) electrons. The van der Waals surface area contributed by atoms with Gasteiger partial charge in [0.25, 0.3) is 0 Å². The van der Waals surface area contributed by atoms with Crippen LogP contribution in [0.3, 0.4) is 0 Å². The molecule has 0 aromatic heterocycles. The van der Waals surface area contributed by atoms with Crippen molar-refractivity contribution in [3.05, 3.63) is 70.3 Å². The number of rotatable bonds is 5. The Hall–Kier alpha value is -1.60. The second-order valence-corrected chi connectivity index (χ2v) is 5.82. The van der Waals surface area contributed by atoms with Crippen LogP contribution in [0.15, 0.2) is 42.5 Å². The maximum Gasteiger partial charge on any atom is 0.0465 e. The smallest absolute Gasteiger partial charge is 0.0465 e. The van der Waals surface area contributed by atoms with E-state index in [1.165, 1.54) is 27.8 Å². The first-order chi connectivity index (χ1) is 9.60. The van der Waals surface area contributed by atoms with Crippen molar-refractivity contribution in [1.82, 2.24) is 0 Å². The molecule has 0 heterocycles. The third-order valence-corrected chi connectivity index (χ3v) is 4.00. The fourth-order valence-corrected chi connectivity index (χ4v) is 2.83. The molecule has 2 aromatic rings. The second kappa shape index (κ2) is 6.71. The average molecular weight is 268 g/mol. The van der Waals surface area contributed by atoms with Gasteiger partial charge in [0, 0.05) is 6.61 Å². The van der Waals surface area contributed by atoms with Crippen LogP contribution in [-0.2, 0) is 12.8 Å². The van der Waals surface area contributed by atoms with E-state index in [0.29, 0.717) is 0 Å². The number of benzene rings is 2. The van der Waals surface area contributed by atoms with E-state index in [0.717, 1.165) is 12.8 Å². The van der Waals surface area contributed by atoms with Crippen LogP contribution in [-0.4, -0.2) is 11.7 Å². The zero-order valence-corrected chi connectivity index (χ0v) is 12.7. The van der Waals surface area contributed by atoms with E-state index in [4.69, 9.17) is 0 Å². The Bertz CT molecular complexity index is 551. The van der Waals surface area contributed by atoms with Gasteiger partial charge in [-0.15, -0.1) is 0 Å². The molecule has 0 aliphatic carbocycles. The molecule has 2 aromatic carbocycles. The molecule has 1 nitrogen and oxygen atoms in total. The highest BCUT2D eigenvalue weighted by molar-refractivity contribution is 5.34. The first kappa shape index (κ1) is 14.8. The lowest BCUT2D eigenvalue weighted by molar-refractivity contribution is 0.224. The summed E-state index contributed by atoms with van der Waals surface area (Å²) in [5.41, 5.74) is 6.64. The Labute approximate surface area is 122 Å². The van der Waals surface area contributed by atoms with Crippen molar-refractivity contribution in [3.63, 3.8) is 0 Å². The Morgan fingerprint density at radius 2 is 1.55 bits per heavy atom. The molecular formula is C19H24O. The molecule has 0 amide bonds. The summed E-state index contributed by atoms with van der Waals surface area (Å²) >= 11 is 0. The summed E-state index contributed by atoms with van der Waals surface area (Å²) in [6.07, 6.45) is 1.88. The lowest BCUT2D eigenvalue weighted by Gasteiger charge is -2.18. The molecule has 0 aliphatic rings. The normalized spacial score (nSPS) is 12.4. The quantitative estimate of drug-likeness (QED) is 0.869. The van der Waals surface area contributed by atoms with Gasteiger partial charge >= 0.3 is 0 Å². The Morgan fingerprint density at radius 3 is 2.15 bits per heavy atom. The SMILES string of the molecule is Cc1cccc(CC(CO)Cc2c(C)cccc2C)c1. The van der Waals surface area contributed by atoms with E-state index in [9.17, 15) is 5.11 Å². The number of aryl methyl sites for hydroxylation is 3. The van der Waals surface area contributed by atoms with Crippen molar-refractivity contribution in [2.24, 2.45) is 5.92 Å². The highest BCUT2D eigenvalue weighted by Crippen LogP contribution is 2.20. The lowest BCUT2D eigenvalue weighted by Crippen LogP contribution is -2.14. The Balaban J connectivity index is 2.13. The van der Waals surface area contributed by atoms with Crippen LogP contribution in [0, 0.1) is 26.7 Å². The summed E-state index contributed by atoms with van der Waals surface area (Å²) in [6, 6.07) is 15.0. The fraction of sp³-hybridized carbons (Fsp3) is 0.368. The van der Waals surface area contributed by atoms with Gasteiger partial charge in [0.15, 0.2) is 0 Å². The second-order valence-electron chi connectivity index (χ2n) is 5.82. The maximum absolute atomic E-state index is 9.70. The number of aliphatic hydroxyl groups excluding tert-OH is 1. The van der Waals surface area contributed by atoms with Crippen LogP contribution in [0.2, 0.25) is 0 Å². The zero-order chi connectivity index (χ0) is 14.5. The highest BCUT2D eigenvalue weighted by atomic mass is 16.3. The van der Waals surface area contributed by atoms with E-state index in [2.05, 4.69) is 63.2 Å². The van der Waals surface area contributed by atoms with Gasteiger partial charge in [0.05, 0.1) is 0 Å².